The normalized spacial score (nSPS) is 16.5. The Morgan fingerprint density at radius 2 is 1.96 bits per heavy atom. The molecular formula is C20H29N5O2S. The van der Waals surface area contributed by atoms with E-state index in [1.54, 1.807) is 19.5 Å². The van der Waals surface area contributed by atoms with Gasteiger partial charge in [-0.05, 0) is 31.9 Å². The van der Waals surface area contributed by atoms with Crippen LogP contribution in [0.15, 0.2) is 29.7 Å². The third kappa shape index (κ3) is 5.54. The minimum Gasteiger partial charge on any atom is -0.383 e. The van der Waals surface area contributed by atoms with Gasteiger partial charge in [-0.25, -0.2) is 0 Å². The van der Waals surface area contributed by atoms with Crippen LogP contribution in [0, 0.1) is 0 Å². The van der Waals surface area contributed by atoms with Crippen molar-refractivity contribution in [1.29, 1.82) is 0 Å². The molecule has 0 aliphatic heterocycles. The predicted octanol–water partition coefficient (Wildman–Crippen LogP) is 3.31. The fourth-order valence-corrected chi connectivity index (χ4v) is 4.31. The molecule has 7 nitrogen and oxygen atoms in total. The summed E-state index contributed by atoms with van der Waals surface area (Å²) < 4.78 is 7.26. The predicted molar refractivity (Wildman–Crippen MR) is 110 cm³/mol. The second-order valence-electron chi connectivity index (χ2n) is 7.14. The zero-order valence-corrected chi connectivity index (χ0v) is 17.5. The molecule has 0 aromatic carbocycles. The number of methoxy groups -OCH3 is 1. The van der Waals surface area contributed by atoms with Crippen molar-refractivity contribution in [1.82, 2.24) is 25.1 Å². The summed E-state index contributed by atoms with van der Waals surface area (Å²) in [6.45, 7) is 3.10. The quantitative estimate of drug-likeness (QED) is 0.538. The second kappa shape index (κ2) is 10.6. The van der Waals surface area contributed by atoms with Gasteiger partial charge in [0, 0.05) is 31.1 Å². The van der Waals surface area contributed by atoms with E-state index in [1.165, 1.54) is 37.4 Å². The van der Waals surface area contributed by atoms with Crippen molar-refractivity contribution in [2.45, 2.75) is 68.4 Å². The van der Waals surface area contributed by atoms with Gasteiger partial charge in [-0.1, -0.05) is 37.4 Å². The number of ether oxygens (including phenoxy) is 1. The Balaban J connectivity index is 1.69. The molecular weight excluding hydrogens is 374 g/mol. The van der Waals surface area contributed by atoms with E-state index in [-0.39, 0.29) is 11.2 Å². The molecule has 3 rings (SSSR count). The topological polar surface area (TPSA) is 81.9 Å². The minimum atomic E-state index is -0.237. The Hall–Kier alpha value is -1.93. The Labute approximate surface area is 170 Å². The molecule has 152 valence electrons. The van der Waals surface area contributed by atoms with Crippen molar-refractivity contribution in [2.24, 2.45) is 0 Å². The summed E-state index contributed by atoms with van der Waals surface area (Å²) in [5.41, 5.74) is 0.945. The van der Waals surface area contributed by atoms with Crippen molar-refractivity contribution >= 4 is 17.7 Å². The van der Waals surface area contributed by atoms with Crippen LogP contribution in [0.2, 0.25) is 0 Å². The largest absolute Gasteiger partial charge is 0.383 e. The van der Waals surface area contributed by atoms with Crippen LogP contribution < -0.4 is 5.32 Å². The lowest BCUT2D eigenvalue weighted by atomic mass is 10.1. The number of thioether (sulfide) groups is 1. The van der Waals surface area contributed by atoms with E-state index in [0.29, 0.717) is 19.2 Å². The number of rotatable bonds is 8. The Morgan fingerprint density at radius 1 is 1.25 bits per heavy atom. The van der Waals surface area contributed by atoms with Crippen LogP contribution in [0.3, 0.4) is 0 Å². The van der Waals surface area contributed by atoms with Crippen molar-refractivity contribution in [3.8, 4) is 11.4 Å². The molecule has 8 heteroatoms. The van der Waals surface area contributed by atoms with Gasteiger partial charge in [0.25, 0.3) is 0 Å². The number of nitrogens with zero attached hydrogens (tertiary/aromatic N) is 4. The summed E-state index contributed by atoms with van der Waals surface area (Å²) in [6.07, 6.45) is 10.6. The lowest BCUT2D eigenvalue weighted by Gasteiger charge is -2.19. The van der Waals surface area contributed by atoms with Crippen LogP contribution in [-0.4, -0.2) is 50.7 Å². The van der Waals surface area contributed by atoms with Gasteiger partial charge in [0.1, 0.15) is 0 Å². The average molecular weight is 404 g/mol. The number of hydrogen-bond donors (Lipinski definition) is 1. The Kier molecular flexibility index (Phi) is 7.85. The van der Waals surface area contributed by atoms with Crippen LogP contribution >= 0.6 is 11.8 Å². The van der Waals surface area contributed by atoms with Gasteiger partial charge in [0.05, 0.1) is 18.4 Å². The van der Waals surface area contributed by atoms with E-state index in [0.717, 1.165) is 29.4 Å². The van der Waals surface area contributed by atoms with Crippen LogP contribution in [0.1, 0.15) is 45.4 Å². The number of amides is 1. The number of carbonyl (C=O) groups excluding carboxylic acids is 1. The monoisotopic (exact) mass is 403 g/mol. The highest BCUT2D eigenvalue weighted by Crippen LogP contribution is 2.27. The maximum absolute atomic E-state index is 12.7. The highest BCUT2D eigenvalue weighted by molar-refractivity contribution is 8.00. The number of carbonyl (C=O) groups is 1. The first kappa shape index (κ1) is 20.8. The smallest absolute Gasteiger partial charge is 0.233 e. The van der Waals surface area contributed by atoms with Crippen molar-refractivity contribution in [3.05, 3.63) is 24.5 Å². The molecule has 1 atom stereocenters. The zero-order valence-electron chi connectivity index (χ0n) is 16.6. The number of hydrogen-bond acceptors (Lipinski definition) is 6. The van der Waals surface area contributed by atoms with Gasteiger partial charge in [-0.15, -0.1) is 10.2 Å². The fourth-order valence-electron chi connectivity index (χ4n) is 3.43. The van der Waals surface area contributed by atoms with Gasteiger partial charge in [0.15, 0.2) is 11.0 Å². The van der Waals surface area contributed by atoms with Crippen LogP contribution in [0.5, 0.6) is 0 Å². The first-order valence-corrected chi connectivity index (χ1v) is 10.9. The van der Waals surface area contributed by atoms with Crippen molar-refractivity contribution in [3.63, 3.8) is 0 Å². The highest BCUT2D eigenvalue weighted by Gasteiger charge is 2.23. The molecule has 28 heavy (non-hydrogen) atoms. The van der Waals surface area contributed by atoms with Gasteiger partial charge in [-0.2, -0.15) is 0 Å². The molecule has 2 aromatic rings. The molecule has 1 fully saturated rings. The van der Waals surface area contributed by atoms with Gasteiger partial charge < -0.3 is 10.1 Å². The third-order valence-electron chi connectivity index (χ3n) is 5.03. The highest BCUT2D eigenvalue weighted by atomic mass is 32.2. The Bertz CT molecular complexity index is 744. The first-order chi connectivity index (χ1) is 13.7. The van der Waals surface area contributed by atoms with E-state index in [4.69, 9.17) is 4.74 Å². The fraction of sp³-hybridized carbons (Fsp3) is 0.600. The van der Waals surface area contributed by atoms with E-state index < -0.39 is 0 Å². The van der Waals surface area contributed by atoms with E-state index in [2.05, 4.69) is 20.5 Å². The molecule has 1 aliphatic carbocycles. The molecule has 0 saturated heterocycles. The standard InChI is InChI=1S/C20H29N5O2S/c1-15(19(26)22-17-7-5-3-4-6-8-17)28-20-24-23-18(25(20)13-14-27-2)16-9-11-21-12-10-16/h9-12,15,17H,3-8,13-14H2,1-2H3,(H,22,26). The number of pyridine rings is 1. The number of aromatic nitrogens is 4. The molecule has 0 spiro atoms. The summed E-state index contributed by atoms with van der Waals surface area (Å²) in [5.74, 6) is 0.835. The summed E-state index contributed by atoms with van der Waals surface area (Å²) in [6, 6.07) is 4.12. The molecule has 1 unspecified atom stereocenters. The minimum absolute atomic E-state index is 0.0728. The summed E-state index contributed by atoms with van der Waals surface area (Å²) >= 11 is 1.44. The zero-order chi connectivity index (χ0) is 19.8. The van der Waals surface area contributed by atoms with Crippen molar-refractivity contribution < 1.29 is 9.53 Å². The molecule has 0 radical (unpaired) electrons. The lowest BCUT2D eigenvalue weighted by Crippen LogP contribution is -2.39. The summed E-state index contributed by atoms with van der Waals surface area (Å²) in [4.78, 5) is 16.8. The SMILES string of the molecule is COCCn1c(SC(C)C(=O)NC2CCCCCC2)nnc1-c1ccncc1. The summed E-state index contributed by atoms with van der Waals surface area (Å²) in [5, 5.41) is 12.4. The lowest BCUT2D eigenvalue weighted by molar-refractivity contribution is -0.121. The molecule has 1 saturated carbocycles. The van der Waals surface area contributed by atoms with Gasteiger partial charge in [0.2, 0.25) is 5.91 Å². The van der Waals surface area contributed by atoms with E-state index in [1.807, 2.05) is 23.6 Å². The maximum Gasteiger partial charge on any atom is 0.233 e. The Morgan fingerprint density at radius 3 is 2.64 bits per heavy atom. The first-order valence-electron chi connectivity index (χ1n) is 9.98. The third-order valence-corrected chi connectivity index (χ3v) is 6.11. The molecule has 1 N–H and O–H groups in total. The van der Waals surface area contributed by atoms with Crippen molar-refractivity contribution in [2.75, 3.05) is 13.7 Å². The molecule has 2 heterocycles. The average Bonchev–Trinajstić information content (AvgIpc) is 2.92. The van der Waals surface area contributed by atoms with Crippen LogP contribution in [0.25, 0.3) is 11.4 Å². The second-order valence-corrected chi connectivity index (χ2v) is 8.45. The van der Waals surface area contributed by atoms with Crippen LogP contribution in [0.4, 0.5) is 0 Å². The molecule has 0 bridgehead atoms. The van der Waals surface area contributed by atoms with Gasteiger partial charge in [-0.3, -0.25) is 14.3 Å². The van der Waals surface area contributed by atoms with Gasteiger partial charge >= 0.3 is 0 Å². The van der Waals surface area contributed by atoms with Crippen LogP contribution in [-0.2, 0) is 16.1 Å². The molecule has 1 amide bonds. The molecule has 2 aromatic heterocycles. The van der Waals surface area contributed by atoms with E-state index >= 15 is 0 Å². The summed E-state index contributed by atoms with van der Waals surface area (Å²) in [7, 11) is 1.67. The molecule has 1 aliphatic rings. The maximum atomic E-state index is 12.7. The number of nitrogens with one attached hydrogen (secondary N) is 1. The van der Waals surface area contributed by atoms with E-state index in [9.17, 15) is 4.79 Å².